The number of aliphatic hydroxyl groups is 1. The predicted octanol–water partition coefficient (Wildman–Crippen LogP) is 3.38. The van der Waals surface area contributed by atoms with Gasteiger partial charge in [-0.05, 0) is 35.8 Å². The molecule has 0 heterocycles. The lowest BCUT2D eigenvalue weighted by Gasteiger charge is -2.21. The van der Waals surface area contributed by atoms with Crippen LogP contribution in [0.25, 0.3) is 0 Å². The summed E-state index contributed by atoms with van der Waals surface area (Å²) in [5.41, 5.74) is 2.73. The molecule has 108 valence electrons. The zero-order valence-corrected chi connectivity index (χ0v) is 12.8. The Labute approximate surface area is 118 Å². The third-order valence-corrected chi connectivity index (χ3v) is 3.48. The molecule has 2 nitrogen and oxygen atoms in total. The largest absolute Gasteiger partial charge is 0.396 e. The van der Waals surface area contributed by atoms with Gasteiger partial charge < -0.3 is 10.4 Å². The first-order valence-corrected chi connectivity index (χ1v) is 7.45. The van der Waals surface area contributed by atoms with Crippen LogP contribution in [0.2, 0.25) is 0 Å². The summed E-state index contributed by atoms with van der Waals surface area (Å²) < 4.78 is 0. The number of aliphatic hydroxyl groups excluding tert-OH is 1. The molecule has 0 aromatic heterocycles. The zero-order chi connectivity index (χ0) is 14.3. The lowest BCUT2D eigenvalue weighted by molar-refractivity contribution is 0.244. The van der Waals surface area contributed by atoms with Gasteiger partial charge in [0, 0.05) is 19.2 Å². The highest BCUT2D eigenvalue weighted by atomic mass is 16.3. The number of nitrogens with one attached hydrogen (secondary N) is 1. The Hall–Kier alpha value is -0.860. The van der Waals surface area contributed by atoms with E-state index in [1.54, 1.807) is 0 Å². The molecule has 0 saturated heterocycles. The molecule has 0 saturated carbocycles. The predicted molar refractivity (Wildman–Crippen MR) is 82.2 cm³/mol. The highest BCUT2D eigenvalue weighted by Crippen LogP contribution is 2.11. The Bertz CT molecular complexity index is 343. The van der Waals surface area contributed by atoms with Crippen LogP contribution < -0.4 is 5.32 Å². The Morgan fingerprint density at radius 3 is 2.05 bits per heavy atom. The molecule has 0 bridgehead atoms. The van der Waals surface area contributed by atoms with Gasteiger partial charge in [-0.15, -0.1) is 0 Å². The van der Waals surface area contributed by atoms with Crippen LogP contribution in [0.3, 0.4) is 0 Å². The Kier molecular flexibility index (Phi) is 7.11. The first kappa shape index (κ1) is 16.2. The molecule has 2 heteroatoms. The van der Waals surface area contributed by atoms with E-state index in [-0.39, 0.29) is 6.61 Å². The topological polar surface area (TPSA) is 32.3 Å². The van der Waals surface area contributed by atoms with E-state index >= 15 is 0 Å². The highest BCUT2D eigenvalue weighted by molar-refractivity contribution is 5.22. The minimum Gasteiger partial charge on any atom is -0.396 e. The lowest BCUT2D eigenvalue weighted by Crippen LogP contribution is -2.34. The standard InChI is InChI=1S/C17H29NO/c1-13(2)11-15-5-7-16(8-6-15)12-18-17(9-10-19)14(3)4/h5-8,13-14,17-19H,9-12H2,1-4H3. The molecule has 1 unspecified atom stereocenters. The summed E-state index contributed by atoms with van der Waals surface area (Å²) in [4.78, 5) is 0. The maximum Gasteiger partial charge on any atom is 0.0445 e. The van der Waals surface area contributed by atoms with Crippen molar-refractivity contribution in [3.05, 3.63) is 35.4 Å². The summed E-state index contributed by atoms with van der Waals surface area (Å²) in [6, 6.07) is 9.27. The third kappa shape index (κ3) is 6.22. The lowest BCUT2D eigenvalue weighted by atomic mass is 10.00. The smallest absolute Gasteiger partial charge is 0.0445 e. The Morgan fingerprint density at radius 1 is 1.00 bits per heavy atom. The number of rotatable bonds is 8. The molecule has 0 radical (unpaired) electrons. The summed E-state index contributed by atoms with van der Waals surface area (Å²) >= 11 is 0. The van der Waals surface area contributed by atoms with Gasteiger partial charge in [-0.25, -0.2) is 0 Å². The minimum absolute atomic E-state index is 0.253. The van der Waals surface area contributed by atoms with Gasteiger partial charge in [-0.3, -0.25) is 0 Å². The van der Waals surface area contributed by atoms with Crippen molar-refractivity contribution in [2.24, 2.45) is 11.8 Å². The number of hydrogen-bond acceptors (Lipinski definition) is 2. The molecule has 0 aliphatic heterocycles. The second-order valence-electron chi connectivity index (χ2n) is 6.16. The van der Waals surface area contributed by atoms with Gasteiger partial charge in [0.25, 0.3) is 0 Å². The first-order valence-electron chi connectivity index (χ1n) is 7.45. The molecule has 1 atom stereocenters. The molecule has 1 rings (SSSR count). The fraction of sp³-hybridized carbons (Fsp3) is 0.647. The van der Waals surface area contributed by atoms with Crippen LogP contribution in [0.4, 0.5) is 0 Å². The summed E-state index contributed by atoms with van der Waals surface area (Å²) in [7, 11) is 0. The third-order valence-electron chi connectivity index (χ3n) is 3.48. The van der Waals surface area contributed by atoms with Crippen molar-refractivity contribution >= 4 is 0 Å². The minimum atomic E-state index is 0.253. The van der Waals surface area contributed by atoms with Crippen molar-refractivity contribution in [3.8, 4) is 0 Å². The molecule has 0 aliphatic carbocycles. The van der Waals surface area contributed by atoms with Crippen molar-refractivity contribution < 1.29 is 5.11 Å². The molecule has 0 fully saturated rings. The molecular formula is C17H29NO. The van der Waals surface area contributed by atoms with Crippen molar-refractivity contribution in [3.63, 3.8) is 0 Å². The van der Waals surface area contributed by atoms with Crippen molar-refractivity contribution in [2.75, 3.05) is 6.61 Å². The first-order chi connectivity index (χ1) is 9.02. The van der Waals surface area contributed by atoms with Crippen molar-refractivity contribution in [1.82, 2.24) is 5.32 Å². The number of hydrogen-bond donors (Lipinski definition) is 2. The average Bonchev–Trinajstić information content (AvgIpc) is 2.35. The maximum absolute atomic E-state index is 9.06. The Morgan fingerprint density at radius 2 is 1.58 bits per heavy atom. The molecule has 0 amide bonds. The van der Waals surface area contributed by atoms with E-state index in [2.05, 4.69) is 57.3 Å². The maximum atomic E-state index is 9.06. The van der Waals surface area contributed by atoms with Crippen LogP contribution in [-0.4, -0.2) is 17.8 Å². The highest BCUT2D eigenvalue weighted by Gasteiger charge is 2.11. The van der Waals surface area contributed by atoms with E-state index in [1.165, 1.54) is 11.1 Å². The van der Waals surface area contributed by atoms with Gasteiger partial charge >= 0.3 is 0 Å². The van der Waals surface area contributed by atoms with Crippen LogP contribution in [0.15, 0.2) is 24.3 Å². The normalized spacial score (nSPS) is 13.2. The molecule has 0 spiro atoms. The van der Waals surface area contributed by atoms with E-state index in [4.69, 9.17) is 5.11 Å². The monoisotopic (exact) mass is 263 g/mol. The molecule has 0 aliphatic rings. The fourth-order valence-corrected chi connectivity index (χ4v) is 2.32. The second kappa shape index (κ2) is 8.34. The quantitative estimate of drug-likeness (QED) is 0.753. The van der Waals surface area contributed by atoms with E-state index in [1.807, 2.05) is 0 Å². The summed E-state index contributed by atoms with van der Waals surface area (Å²) in [5.74, 6) is 1.26. The van der Waals surface area contributed by atoms with E-state index in [0.717, 1.165) is 19.4 Å². The van der Waals surface area contributed by atoms with E-state index in [9.17, 15) is 0 Å². The molecule has 19 heavy (non-hydrogen) atoms. The Balaban J connectivity index is 2.48. The molecular weight excluding hydrogens is 234 g/mol. The fourth-order valence-electron chi connectivity index (χ4n) is 2.32. The SMILES string of the molecule is CC(C)Cc1ccc(CNC(CCO)C(C)C)cc1. The van der Waals surface area contributed by atoms with Gasteiger partial charge in [0.2, 0.25) is 0 Å². The van der Waals surface area contributed by atoms with E-state index in [0.29, 0.717) is 17.9 Å². The van der Waals surface area contributed by atoms with Crippen LogP contribution in [0.1, 0.15) is 45.2 Å². The second-order valence-corrected chi connectivity index (χ2v) is 6.16. The summed E-state index contributed by atoms with van der Waals surface area (Å²) in [6.07, 6.45) is 1.97. The van der Waals surface area contributed by atoms with Crippen LogP contribution in [0.5, 0.6) is 0 Å². The molecule has 1 aromatic rings. The average molecular weight is 263 g/mol. The van der Waals surface area contributed by atoms with Gasteiger partial charge in [0.1, 0.15) is 0 Å². The summed E-state index contributed by atoms with van der Waals surface area (Å²) in [5, 5.41) is 12.6. The van der Waals surface area contributed by atoms with Gasteiger partial charge in [0.05, 0.1) is 0 Å². The zero-order valence-electron chi connectivity index (χ0n) is 12.8. The van der Waals surface area contributed by atoms with Gasteiger partial charge in [0.15, 0.2) is 0 Å². The van der Waals surface area contributed by atoms with Crippen LogP contribution in [0, 0.1) is 11.8 Å². The van der Waals surface area contributed by atoms with Gasteiger partial charge in [-0.1, -0.05) is 52.0 Å². The number of benzene rings is 1. The summed E-state index contributed by atoms with van der Waals surface area (Å²) in [6.45, 7) is 10.0. The van der Waals surface area contributed by atoms with Crippen molar-refractivity contribution in [2.45, 2.75) is 53.1 Å². The van der Waals surface area contributed by atoms with Crippen LogP contribution >= 0.6 is 0 Å². The van der Waals surface area contributed by atoms with E-state index < -0.39 is 0 Å². The molecule has 1 aromatic carbocycles. The van der Waals surface area contributed by atoms with Crippen molar-refractivity contribution in [1.29, 1.82) is 0 Å². The van der Waals surface area contributed by atoms with Crippen LogP contribution in [-0.2, 0) is 13.0 Å². The molecule has 2 N–H and O–H groups in total. The van der Waals surface area contributed by atoms with Gasteiger partial charge in [-0.2, -0.15) is 0 Å².